The second-order valence-corrected chi connectivity index (χ2v) is 6.76. The Balaban J connectivity index is 0.000000314. The van der Waals surface area contributed by atoms with Crippen molar-refractivity contribution in [2.45, 2.75) is 71.3 Å². The highest BCUT2D eigenvalue weighted by atomic mass is 16.3. The van der Waals surface area contributed by atoms with E-state index >= 15 is 0 Å². The molecule has 0 spiro atoms. The van der Waals surface area contributed by atoms with Crippen molar-refractivity contribution in [3.63, 3.8) is 0 Å². The lowest BCUT2D eigenvalue weighted by molar-refractivity contribution is 0.280. The highest BCUT2D eigenvalue weighted by Crippen LogP contribution is 2.14. The lowest BCUT2D eigenvalue weighted by Crippen LogP contribution is -1.94. The van der Waals surface area contributed by atoms with E-state index in [1.807, 2.05) is 42.5 Å². The third-order valence-corrected chi connectivity index (χ3v) is 4.58. The van der Waals surface area contributed by atoms with Crippen molar-refractivity contribution >= 4 is 0 Å². The Morgan fingerprint density at radius 3 is 1.81 bits per heavy atom. The van der Waals surface area contributed by atoms with E-state index in [0.717, 1.165) is 18.4 Å². The summed E-state index contributed by atoms with van der Waals surface area (Å²) >= 11 is 0. The number of rotatable bonds is 11. The molecule has 0 aliphatic heterocycles. The average molecular weight is 357 g/mol. The molecule has 2 nitrogen and oxygen atoms in total. The van der Waals surface area contributed by atoms with Gasteiger partial charge in [-0.15, -0.1) is 0 Å². The molecule has 0 aliphatic carbocycles. The van der Waals surface area contributed by atoms with E-state index in [1.54, 1.807) is 0 Å². The summed E-state index contributed by atoms with van der Waals surface area (Å²) in [5.74, 6) is 0. The van der Waals surface area contributed by atoms with E-state index in [-0.39, 0.29) is 13.2 Å². The van der Waals surface area contributed by atoms with Gasteiger partial charge in [0.25, 0.3) is 0 Å². The second kappa shape index (κ2) is 15.6. The van der Waals surface area contributed by atoms with Crippen molar-refractivity contribution in [2.75, 3.05) is 6.61 Å². The standard InChI is InChI=1S/C16H26O.C8H10O/c1-2-3-4-5-6-7-8-11-15-12-9-10-13-16(15)14-17;9-7-6-8-4-2-1-3-5-8/h9-10,12-13,17H,2-8,11,14H2,1H3;1-5,9H,6-7H2. The van der Waals surface area contributed by atoms with Crippen molar-refractivity contribution in [1.82, 2.24) is 0 Å². The Morgan fingerprint density at radius 1 is 0.615 bits per heavy atom. The van der Waals surface area contributed by atoms with E-state index in [0.29, 0.717) is 0 Å². The van der Waals surface area contributed by atoms with E-state index in [9.17, 15) is 5.11 Å². The Morgan fingerprint density at radius 2 is 1.19 bits per heavy atom. The molecule has 0 bridgehead atoms. The topological polar surface area (TPSA) is 40.5 Å². The minimum atomic E-state index is 0.173. The summed E-state index contributed by atoms with van der Waals surface area (Å²) in [4.78, 5) is 0. The van der Waals surface area contributed by atoms with Crippen molar-refractivity contribution in [2.24, 2.45) is 0 Å². The molecule has 0 atom stereocenters. The summed E-state index contributed by atoms with van der Waals surface area (Å²) in [7, 11) is 0. The molecule has 0 saturated carbocycles. The van der Waals surface area contributed by atoms with Crippen LogP contribution in [0.1, 0.15) is 68.6 Å². The van der Waals surface area contributed by atoms with Crippen molar-refractivity contribution < 1.29 is 10.2 Å². The Hall–Kier alpha value is -1.64. The van der Waals surface area contributed by atoms with Crippen LogP contribution in [0.2, 0.25) is 0 Å². The van der Waals surface area contributed by atoms with Crippen LogP contribution < -0.4 is 0 Å². The van der Waals surface area contributed by atoms with Crippen LogP contribution in [-0.4, -0.2) is 16.8 Å². The van der Waals surface area contributed by atoms with Gasteiger partial charge in [0.05, 0.1) is 6.61 Å². The van der Waals surface area contributed by atoms with Crippen LogP contribution in [0.5, 0.6) is 0 Å². The van der Waals surface area contributed by atoms with Crippen molar-refractivity contribution in [3.05, 3.63) is 71.3 Å². The molecule has 0 amide bonds. The van der Waals surface area contributed by atoms with Gasteiger partial charge in [-0.1, -0.05) is 100 Å². The fourth-order valence-electron chi connectivity index (χ4n) is 3.00. The first kappa shape index (κ1) is 22.4. The summed E-state index contributed by atoms with van der Waals surface area (Å²) < 4.78 is 0. The molecular weight excluding hydrogens is 320 g/mol. The summed E-state index contributed by atoms with van der Waals surface area (Å²) in [6.45, 7) is 2.67. The first-order valence-electron chi connectivity index (χ1n) is 10.1. The molecule has 2 heteroatoms. The second-order valence-electron chi connectivity index (χ2n) is 6.76. The van der Waals surface area contributed by atoms with Gasteiger partial charge in [0.15, 0.2) is 0 Å². The molecule has 144 valence electrons. The molecule has 26 heavy (non-hydrogen) atoms. The van der Waals surface area contributed by atoms with E-state index in [4.69, 9.17) is 5.11 Å². The van der Waals surface area contributed by atoms with Gasteiger partial charge < -0.3 is 10.2 Å². The first-order chi connectivity index (χ1) is 12.8. The smallest absolute Gasteiger partial charge is 0.0684 e. The number of hydrogen-bond donors (Lipinski definition) is 2. The van der Waals surface area contributed by atoms with Crippen molar-refractivity contribution in [3.8, 4) is 0 Å². The minimum Gasteiger partial charge on any atom is -0.396 e. The number of aryl methyl sites for hydroxylation is 1. The van der Waals surface area contributed by atoms with Gasteiger partial charge in [0, 0.05) is 6.61 Å². The first-order valence-corrected chi connectivity index (χ1v) is 10.1. The fraction of sp³-hybridized carbons (Fsp3) is 0.500. The van der Waals surface area contributed by atoms with Crippen LogP contribution in [0.4, 0.5) is 0 Å². The third-order valence-electron chi connectivity index (χ3n) is 4.58. The van der Waals surface area contributed by atoms with Gasteiger partial charge in [-0.3, -0.25) is 0 Å². The number of aliphatic hydroxyl groups excluding tert-OH is 2. The van der Waals surface area contributed by atoms with Gasteiger partial charge in [-0.2, -0.15) is 0 Å². The fourth-order valence-corrected chi connectivity index (χ4v) is 3.00. The van der Waals surface area contributed by atoms with Crippen LogP contribution in [0.15, 0.2) is 54.6 Å². The molecule has 0 saturated heterocycles. The van der Waals surface area contributed by atoms with Gasteiger partial charge >= 0.3 is 0 Å². The van der Waals surface area contributed by atoms with Crippen LogP contribution in [0.25, 0.3) is 0 Å². The van der Waals surface area contributed by atoms with Crippen molar-refractivity contribution in [1.29, 1.82) is 0 Å². The summed E-state index contributed by atoms with van der Waals surface area (Å²) in [5, 5.41) is 17.7. The van der Waals surface area contributed by atoms with Crippen LogP contribution in [0.3, 0.4) is 0 Å². The quantitative estimate of drug-likeness (QED) is 0.508. The maximum Gasteiger partial charge on any atom is 0.0684 e. The lowest BCUT2D eigenvalue weighted by Gasteiger charge is -2.06. The molecule has 2 aromatic rings. The molecule has 0 fully saturated rings. The monoisotopic (exact) mass is 356 g/mol. The molecule has 2 N–H and O–H groups in total. The Labute approximate surface area is 159 Å². The van der Waals surface area contributed by atoms with Gasteiger partial charge in [0.1, 0.15) is 0 Å². The minimum absolute atomic E-state index is 0.173. The number of hydrogen-bond acceptors (Lipinski definition) is 2. The van der Waals surface area contributed by atoms with E-state index in [1.165, 1.54) is 56.1 Å². The zero-order chi connectivity index (χ0) is 18.9. The summed E-state index contributed by atoms with van der Waals surface area (Å²) in [6, 6.07) is 18.2. The average Bonchev–Trinajstić information content (AvgIpc) is 2.69. The van der Waals surface area contributed by atoms with Crippen LogP contribution >= 0.6 is 0 Å². The SMILES string of the molecule is CCCCCCCCCc1ccccc1CO.OCCc1ccccc1. The summed E-state index contributed by atoms with van der Waals surface area (Å²) in [5.41, 5.74) is 3.61. The normalized spacial score (nSPS) is 10.3. The Bertz CT molecular complexity index is 551. The van der Waals surface area contributed by atoms with Gasteiger partial charge in [-0.05, 0) is 36.0 Å². The lowest BCUT2D eigenvalue weighted by atomic mass is 10.0. The van der Waals surface area contributed by atoms with E-state index in [2.05, 4.69) is 19.1 Å². The maximum atomic E-state index is 9.22. The maximum absolute atomic E-state index is 9.22. The highest BCUT2D eigenvalue weighted by molar-refractivity contribution is 5.26. The number of unbranched alkanes of at least 4 members (excludes halogenated alkanes) is 6. The molecule has 0 unspecified atom stereocenters. The predicted molar refractivity (Wildman–Crippen MR) is 111 cm³/mol. The van der Waals surface area contributed by atoms with E-state index < -0.39 is 0 Å². The number of benzene rings is 2. The number of aliphatic hydroxyl groups is 2. The zero-order valence-corrected chi connectivity index (χ0v) is 16.4. The van der Waals surface area contributed by atoms with Crippen LogP contribution in [-0.2, 0) is 19.4 Å². The molecule has 0 aromatic heterocycles. The molecule has 0 heterocycles. The molecular formula is C24H36O2. The van der Waals surface area contributed by atoms with Gasteiger partial charge in [0.2, 0.25) is 0 Å². The highest BCUT2D eigenvalue weighted by Gasteiger charge is 2.00. The molecule has 2 aromatic carbocycles. The van der Waals surface area contributed by atoms with Gasteiger partial charge in [-0.25, -0.2) is 0 Å². The predicted octanol–water partition coefficient (Wildman–Crippen LogP) is 5.69. The third kappa shape index (κ3) is 10.4. The van der Waals surface area contributed by atoms with Crippen LogP contribution in [0, 0.1) is 0 Å². The Kier molecular flexibility index (Phi) is 13.4. The largest absolute Gasteiger partial charge is 0.396 e. The molecule has 0 radical (unpaired) electrons. The molecule has 0 aliphatic rings. The zero-order valence-electron chi connectivity index (χ0n) is 16.4. The summed E-state index contributed by atoms with van der Waals surface area (Å²) in [6.07, 6.45) is 11.3. The molecule has 2 rings (SSSR count).